The Balaban J connectivity index is 1.78. The van der Waals surface area contributed by atoms with Gasteiger partial charge >= 0.3 is 12.0 Å². The number of carboxylic acids is 1. The summed E-state index contributed by atoms with van der Waals surface area (Å²) in [5, 5.41) is 22.1. The first-order chi connectivity index (χ1) is 9.90. The van der Waals surface area contributed by atoms with E-state index in [1.165, 1.54) is 4.90 Å². The number of carboxylic acid groups (broad SMARTS) is 1. The van der Waals surface area contributed by atoms with E-state index in [9.17, 15) is 14.7 Å². The third kappa shape index (κ3) is 3.86. The molecule has 1 aromatic carbocycles. The summed E-state index contributed by atoms with van der Waals surface area (Å²) in [6.45, 7) is 0.722. The molecule has 0 radical (unpaired) electrons. The zero-order valence-electron chi connectivity index (χ0n) is 11.4. The van der Waals surface area contributed by atoms with Crippen LogP contribution in [0.2, 0.25) is 5.02 Å². The number of amides is 2. The van der Waals surface area contributed by atoms with Crippen LogP contribution < -0.4 is 5.32 Å². The molecule has 2 amide bonds. The van der Waals surface area contributed by atoms with Crippen molar-refractivity contribution in [2.45, 2.75) is 18.4 Å². The van der Waals surface area contributed by atoms with Gasteiger partial charge in [-0.2, -0.15) is 0 Å². The number of rotatable bonds is 5. The van der Waals surface area contributed by atoms with Gasteiger partial charge in [-0.15, -0.1) is 0 Å². The van der Waals surface area contributed by atoms with E-state index in [-0.39, 0.29) is 25.5 Å². The molecule has 6 nitrogen and oxygen atoms in total. The maximum absolute atomic E-state index is 11.8. The van der Waals surface area contributed by atoms with Crippen LogP contribution in [0, 0.1) is 0 Å². The second-order valence-corrected chi connectivity index (χ2v) is 5.56. The summed E-state index contributed by atoms with van der Waals surface area (Å²) in [5.41, 5.74) is -0.315. The van der Waals surface area contributed by atoms with Crippen LogP contribution in [0.25, 0.3) is 0 Å². The fourth-order valence-electron chi connectivity index (χ4n) is 2.22. The summed E-state index contributed by atoms with van der Waals surface area (Å²) in [7, 11) is 0. The number of aliphatic hydroxyl groups is 1. The minimum absolute atomic E-state index is 0.0228. The zero-order valence-corrected chi connectivity index (χ0v) is 12.1. The van der Waals surface area contributed by atoms with E-state index in [4.69, 9.17) is 16.7 Å². The van der Waals surface area contributed by atoms with Gasteiger partial charge in [0.15, 0.2) is 0 Å². The average Bonchev–Trinajstić information content (AvgIpc) is 2.40. The molecule has 0 aromatic heterocycles. The quantitative estimate of drug-likeness (QED) is 0.717. The first-order valence-corrected chi connectivity index (χ1v) is 7.01. The molecule has 0 saturated carbocycles. The number of nitrogens with one attached hydrogen (secondary N) is 1. The lowest BCUT2D eigenvalue weighted by Gasteiger charge is -2.46. The third-order valence-electron chi connectivity index (χ3n) is 3.42. The second kappa shape index (κ2) is 6.32. The van der Waals surface area contributed by atoms with E-state index in [0.29, 0.717) is 18.0 Å². The molecule has 1 aliphatic rings. The number of carbonyl (C=O) groups is 2. The van der Waals surface area contributed by atoms with Gasteiger partial charge in [0, 0.05) is 18.0 Å². The fraction of sp³-hybridized carbons (Fsp3) is 0.429. The minimum atomic E-state index is -1.04. The summed E-state index contributed by atoms with van der Waals surface area (Å²) in [4.78, 5) is 23.6. The second-order valence-electron chi connectivity index (χ2n) is 5.12. The Kier molecular flexibility index (Phi) is 4.69. The van der Waals surface area contributed by atoms with Crippen LogP contribution in [0.1, 0.15) is 18.4 Å². The maximum Gasteiger partial charge on any atom is 0.317 e. The lowest BCUT2D eigenvalue weighted by molar-refractivity contribution is -0.137. The van der Waals surface area contributed by atoms with Crippen LogP contribution in [0.3, 0.4) is 0 Å². The highest BCUT2D eigenvalue weighted by Crippen LogP contribution is 2.32. The maximum atomic E-state index is 11.8. The number of nitrogens with zero attached hydrogens (tertiary/aromatic N) is 1. The Hall–Kier alpha value is -1.79. The minimum Gasteiger partial charge on any atom is -0.481 e. The monoisotopic (exact) mass is 312 g/mol. The Bertz CT molecular complexity index is 526. The number of carbonyl (C=O) groups excluding carboxylic acids is 1. The first kappa shape index (κ1) is 15.6. The van der Waals surface area contributed by atoms with E-state index >= 15 is 0 Å². The Labute approximate surface area is 127 Å². The highest BCUT2D eigenvalue weighted by Gasteiger charge is 2.44. The molecule has 21 heavy (non-hydrogen) atoms. The van der Waals surface area contributed by atoms with Crippen LogP contribution in [-0.2, 0) is 10.4 Å². The number of halogens is 1. The predicted octanol–water partition coefficient (Wildman–Crippen LogP) is 1.42. The molecule has 1 saturated heterocycles. The first-order valence-electron chi connectivity index (χ1n) is 6.64. The summed E-state index contributed by atoms with van der Waals surface area (Å²) < 4.78 is 0. The van der Waals surface area contributed by atoms with E-state index in [1.54, 1.807) is 24.3 Å². The molecule has 114 valence electrons. The fourth-order valence-corrected chi connectivity index (χ4v) is 2.34. The van der Waals surface area contributed by atoms with Gasteiger partial charge in [-0.1, -0.05) is 23.7 Å². The van der Waals surface area contributed by atoms with Crippen molar-refractivity contribution in [1.82, 2.24) is 10.2 Å². The highest BCUT2D eigenvalue weighted by molar-refractivity contribution is 6.30. The van der Waals surface area contributed by atoms with Gasteiger partial charge in [0.05, 0.1) is 13.1 Å². The summed E-state index contributed by atoms with van der Waals surface area (Å²) >= 11 is 5.80. The zero-order chi connectivity index (χ0) is 15.5. The molecule has 0 spiro atoms. The van der Waals surface area contributed by atoms with Gasteiger partial charge < -0.3 is 20.4 Å². The molecular formula is C14H17ClN2O4. The van der Waals surface area contributed by atoms with Crippen molar-refractivity contribution < 1.29 is 19.8 Å². The van der Waals surface area contributed by atoms with Gasteiger partial charge in [-0.25, -0.2) is 4.79 Å². The molecule has 1 aliphatic heterocycles. The molecule has 7 heteroatoms. The van der Waals surface area contributed by atoms with Gasteiger partial charge in [-0.3, -0.25) is 4.79 Å². The predicted molar refractivity (Wildman–Crippen MR) is 77.2 cm³/mol. The molecule has 0 atom stereocenters. The van der Waals surface area contributed by atoms with Crippen LogP contribution >= 0.6 is 11.6 Å². The summed E-state index contributed by atoms with van der Waals surface area (Å²) in [6, 6.07) is 6.58. The number of urea groups is 1. The lowest BCUT2D eigenvalue weighted by Crippen LogP contribution is -2.63. The van der Waals surface area contributed by atoms with Gasteiger partial charge in [0.2, 0.25) is 0 Å². The van der Waals surface area contributed by atoms with Gasteiger partial charge in [0.25, 0.3) is 0 Å². The van der Waals surface area contributed by atoms with E-state index in [1.807, 2.05) is 0 Å². The van der Waals surface area contributed by atoms with Crippen molar-refractivity contribution in [1.29, 1.82) is 0 Å². The average molecular weight is 313 g/mol. The van der Waals surface area contributed by atoms with Crippen molar-refractivity contribution in [3.05, 3.63) is 34.9 Å². The molecule has 1 fully saturated rings. The lowest BCUT2D eigenvalue weighted by atomic mass is 9.86. The normalized spacial score (nSPS) is 16.2. The smallest absolute Gasteiger partial charge is 0.317 e. The number of benzene rings is 1. The molecule has 0 aliphatic carbocycles. The van der Waals surface area contributed by atoms with Crippen molar-refractivity contribution in [3.63, 3.8) is 0 Å². The van der Waals surface area contributed by atoms with E-state index in [0.717, 1.165) is 5.56 Å². The number of aliphatic carboxylic acids is 1. The Morgan fingerprint density at radius 2 is 1.90 bits per heavy atom. The number of hydrogen-bond donors (Lipinski definition) is 3. The highest BCUT2D eigenvalue weighted by atomic mass is 35.5. The largest absolute Gasteiger partial charge is 0.481 e. The van der Waals surface area contributed by atoms with Crippen LogP contribution in [0.4, 0.5) is 4.79 Å². The van der Waals surface area contributed by atoms with Crippen LogP contribution in [0.15, 0.2) is 24.3 Å². The van der Waals surface area contributed by atoms with E-state index < -0.39 is 11.6 Å². The van der Waals surface area contributed by atoms with Crippen molar-refractivity contribution >= 4 is 23.6 Å². The van der Waals surface area contributed by atoms with Crippen LogP contribution in [-0.4, -0.2) is 46.7 Å². The molecule has 0 bridgehead atoms. The third-order valence-corrected chi connectivity index (χ3v) is 3.67. The molecule has 1 aromatic rings. The molecular weight excluding hydrogens is 296 g/mol. The molecule has 2 rings (SSSR count). The topological polar surface area (TPSA) is 89.9 Å². The van der Waals surface area contributed by atoms with Gasteiger partial charge in [0.1, 0.15) is 5.60 Å². The molecule has 1 heterocycles. The standard InChI is InChI=1S/C14H17ClN2O4/c15-11-5-3-10(4-6-11)14(21)8-17(9-14)13(20)16-7-1-2-12(18)19/h3-6,21H,1-2,7-9H2,(H,16,20)(H,18,19). The van der Waals surface area contributed by atoms with Gasteiger partial charge in [-0.05, 0) is 24.1 Å². The summed E-state index contributed by atoms with van der Waals surface area (Å²) in [6.07, 6.45) is 0.408. The molecule has 0 unspecified atom stereocenters. The number of hydrogen-bond acceptors (Lipinski definition) is 3. The number of β-amino-alcohol motifs (C(OH)–C–C–N with tert-alkyl or cyclic N) is 1. The molecule has 3 N–H and O–H groups in total. The van der Waals surface area contributed by atoms with Crippen molar-refractivity contribution in [3.8, 4) is 0 Å². The SMILES string of the molecule is O=C(O)CCCNC(=O)N1CC(O)(c2ccc(Cl)cc2)C1. The number of likely N-dealkylation sites (tertiary alicyclic amines) is 1. The van der Waals surface area contributed by atoms with Crippen molar-refractivity contribution in [2.24, 2.45) is 0 Å². The van der Waals surface area contributed by atoms with Crippen LogP contribution in [0.5, 0.6) is 0 Å². The van der Waals surface area contributed by atoms with Crippen molar-refractivity contribution in [2.75, 3.05) is 19.6 Å². The summed E-state index contributed by atoms with van der Waals surface area (Å²) in [5.74, 6) is -0.884. The Morgan fingerprint density at radius 1 is 1.29 bits per heavy atom. The van der Waals surface area contributed by atoms with E-state index in [2.05, 4.69) is 5.32 Å². The Morgan fingerprint density at radius 3 is 2.48 bits per heavy atom.